The minimum Gasteiger partial charge on any atom is -0.371 e. The van der Waals surface area contributed by atoms with E-state index in [1.165, 1.54) is 0 Å². The minimum absolute atomic E-state index is 0.369. The lowest BCUT2D eigenvalue weighted by atomic mass is 10.1. The van der Waals surface area contributed by atoms with Crippen LogP contribution in [-0.2, 0) is 0 Å². The predicted molar refractivity (Wildman–Crippen MR) is 64.3 cm³/mol. The topological polar surface area (TPSA) is 72.3 Å². The molecule has 1 aromatic rings. The van der Waals surface area contributed by atoms with Gasteiger partial charge < -0.3 is 16.4 Å². The highest BCUT2D eigenvalue weighted by Crippen LogP contribution is 2.26. The summed E-state index contributed by atoms with van der Waals surface area (Å²) in [7, 11) is 0. The standard InChI is InChI=1S/C12H17N3O/c13-7-9-5-6-15(8-9)11-4-2-1-3-10(11)12(14)16/h1-4,9H,5-8,13H2,(H2,14,16). The molecule has 1 heterocycles. The van der Waals surface area contributed by atoms with Crippen LogP contribution in [0, 0.1) is 5.92 Å². The third-order valence-corrected chi connectivity index (χ3v) is 3.13. The van der Waals surface area contributed by atoms with E-state index in [1.54, 1.807) is 6.07 Å². The zero-order valence-corrected chi connectivity index (χ0v) is 9.23. The molecule has 0 saturated carbocycles. The van der Waals surface area contributed by atoms with E-state index in [1.807, 2.05) is 18.2 Å². The van der Waals surface area contributed by atoms with Crippen molar-refractivity contribution in [3.63, 3.8) is 0 Å². The summed E-state index contributed by atoms with van der Waals surface area (Å²) in [5.74, 6) is 0.160. The van der Waals surface area contributed by atoms with Crippen LogP contribution in [0.4, 0.5) is 5.69 Å². The summed E-state index contributed by atoms with van der Waals surface area (Å²) in [6.45, 7) is 2.57. The number of anilines is 1. The highest BCUT2D eigenvalue weighted by molar-refractivity contribution is 5.98. The molecule has 2 rings (SSSR count). The van der Waals surface area contributed by atoms with Crippen LogP contribution in [0.5, 0.6) is 0 Å². The fourth-order valence-corrected chi connectivity index (χ4v) is 2.20. The van der Waals surface area contributed by atoms with Crippen LogP contribution in [0.25, 0.3) is 0 Å². The average molecular weight is 219 g/mol. The first-order valence-electron chi connectivity index (χ1n) is 5.56. The maximum Gasteiger partial charge on any atom is 0.250 e. The Morgan fingerprint density at radius 1 is 1.44 bits per heavy atom. The highest BCUT2D eigenvalue weighted by Gasteiger charge is 2.23. The summed E-state index contributed by atoms with van der Waals surface area (Å²) in [6, 6.07) is 7.48. The number of carbonyl (C=O) groups excluding carboxylic acids is 1. The summed E-state index contributed by atoms with van der Waals surface area (Å²) in [5, 5.41) is 0. The Morgan fingerprint density at radius 3 is 2.81 bits per heavy atom. The maximum atomic E-state index is 11.3. The molecule has 1 aliphatic rings. The second-order valence-corrected chi connectivity index (χ2v) is 4.22. The molecule has 1 atom stereocenters. The minimum atomic E-state index is -0.369. The Morgan fingerprint density at radius 2 is 2.19 bits per heavy atom. The number of carbonyl (C=O) groups is 1. The number of benzene rings is 1. The molecule has 0 bridgehead atoms. The summed E-state index contributed by atoms with van der Waals surface area (Å²) in [5.41, 5.74) is 12.5. The number of rotatable bonds is 3. The SMILES string of the molecule is NCC1CCN(c2ccccc2C(N)=O)C1. The molecule has 0 radical (unpaired) electrons. The van der Waals surface area contributed by atoms with E-state index in [9.17, 15) is 4.79 Å². The first kappa shape index (κ1) is 11.0. The van der Waals surface area contributed by atoms with E-state index < -0.39 is 0 Å². The van der Waals surface area contributed by atoms with E-state index in [-0.39, 0.29) is 5.91 Å². The third kappa shape index (κ3) is 2.02. The Bertz CT molecular complexity index is 392. The molecular weight excluding hydrogens is 202 g/mol. The quantitative estimate of drug-likeness (QED) is 0.780. The number of amides is 1. The van der Waals surface area contributed by atoms with Gasteiger partial charge in [-0.1, -0.05) is 12.1 Å². The van der Waals surface area contributed by atoms with Gasteiger partial charge >= 0.3 is 0 Å². The molecule has 4 N–H and O–H groups in total. The van der Waals surface area contributed by atoms with Crippen molar-refractivity contribution in [3.05, 3.63) is 29.8 Å². The van der Waals surface area contributed by atoms with E-state index in [4.69, 9.17) is 11.5 Å². The molecular formula is C12H17N3O. The number of hydrogen-bond acceptors (Lipinski definition) is 3. The van der Waals surface area contributed by atoms with Crippen molar-refractivity contribution in [2.75, 3.05) is 24.5 Å². The Labute approximate surface area is 95.2 Å². The molecule has 4 nitrogen and oxygen atoms in total. The van der Waals surface area contributed by atoms with Crippen molar-refractivity contribution in [1.29, 1.82) is 0 Å². The van der Waals surface area contributed by atoms with Crippen LogP contribution < -0.4 is 16.4 Å². The van der Waals surface area contributed by atoms with Crippen LogP contribution in [0.2, 0.25) is 0 Å². The number of nitrogens with zero attached hydrogens (tertiary/aromatic N) is 1. The summed E-state index contributed by atoms with van der Waals surface area (Å²) in [4.78, 5) is 13.5. The Balaban J connectivity index is 2.24. The maximum absolute atomic E-state index is 11.3. The van der Waals surface area contributed by atoms with Crippen LogP contribution in [0.15, 0.2) is 24.3 Å². The molecule has 0 aliphatic carbocycles. The lowest BCUT2D eigenvalue weighted by Gasteiger charge is -2.20. The van der Waals surface area contributed by atoms with E-state index in [2.05, 4.69) is 4.90 Å². The van der Waals surface area contributed by atoms with Gasteiger partial charge in [-0.3, -0.25) is 4.79 Å². The van der Waals surface area contributed by atoms with Gasteiger partial charge in [-0.05, 0) is 31.0 Å². The van der Waals surface area contributed by atoms with Gasteiger partial charge in [-0.25, -0.2) is 0 Å². The van der Waals surface area contributed by atoms with Gasteiger partial charge in [0, 0.05) is 18.8 Å². The van der Waals surface area contributed by atoms with Gasteiger partial charge in [0.05, 0.1) is 5.56 Å². The summed E-state index contributed by atoms with van der Waals surface area (Å²) >= 11 is 0. The molecule has 0 aromatic heterocycles. The molecule has 1 aliphatic heterocycles. The largest absolute Gasteiger partial charge is 0.371 e. The second kappa shape index (κ2) is 4.53. The first-order chi connectivity index (χ1) is 7.72. The van der Waals surface area contributed by atoms with Gasteiger partial charge in [0.15, 0.2) is 0 Å². The van der Waals surface area contributed by atoms with Gasteiger partial charge in [0.25, 0.3) is 5.91 Å². The van der Waals surface area contributed by atoms with Crippen molar-refractivity contribution in [1.82, 2.24) is 0 Å². The van der Waals surface area contributed by atoms with E-state index in [0.29, 0.717) is 18.0 Å². The molecule has 1 amide bonds. The number of para-hydroxylation sites is 1. The fraction of sp³-hybridized carbons (Fsp3) is 0.417. The fourth-order valence-electron chi connectivity index (χ4n) is 2.20. The van der Waals surface area contributed by atoms with Crippen molar-refractivity contribution < 1.29 is 4.79 Å². The molecule has 4 heteroatoms. The van der Waals surface area contributed by atoms with Crippen LogP contribution in [0.3, 0.4) is 0 Å². The lowest BCUT2D eigenvalue weighted by Crippen LogP contribution is -2.25. The molecule has 1 unspecified atom stereocenters. The van der Waals surface area contributed by atoms with Crippen molar-refractivity contribution >= 4 is 11.6 Å². The van der Waals surface area contributed by atoms with Gasteiger partial charge in [-0.15, -0.1) is 0 Å². The van der Waals surface area contributed by atoms with Crippen LogP contribution >= 0.6 is 0 Å². The number of nitrogens with two attached hydrogens (primary N) is 2. The number of primary amides is 1. The third-order valence-electron chi connectivity index (χ3n) is 3.13. The molecule has 86 valence electrons. The highest BCUT2D eigenvalue weighted by atomic mass is 16.1. The summed E-state index contributed by atoms with van der Waals surface area (Å²) in [6.07, 6.45) is 1.09. The van der Waals surface area contributed by atoms with Crippen molar-refractivity contribution in [3.8, 4) is 0 Å². The summed E-state index contributed by atoms with van der Waals surface area (Å²) < 4.78 is 0. The smallest absolute Gasteiger partial charge is 0.250 e. The lowest BCUT2D eigenvalue weighted by molar-refractivity contribution is 0.100. The van der Waals surface area contributed by atoms with Gasteiger partial charge in [-0.2, -0.15) is 0 Å². The molecule has 1 fully saturated rings. The van der Waals surface area contributed by atoms with Crippen LogP contribution in [0.1, 0.15) is 16.8 Å². The zero-order valence-electron chi connectivity index (χ0n) is 9.23. The van der Waals surface area contributed by atoms with Gasteiger partial charge in [0.2, 0.25) is 0 Å². The normalized spacial score (nSPS) is 20.1. The molecule has 1 aromatic carbocycles. The molecule has 16 heavy (non-hydrogen) atoms. The Kier molecular flexibility index (Phi) is 3.10. The predicted octanol–water partition coefficient (Wildman–Crippen LogP) is 0.571. The van der Waals surface area contributed by atoms with Crippen LogP contribution in [-0.4, -0.2) is 25.5 Å². The number of hydrogen-bond donors (Lipinski definition) is 2. The van der Waals surface area contributed by atoms with Crippen molar-refractivity contribution in [2.45, 2.75) is 6.42 Å². The van der Waals surface area contributed by atoms with E-state index >= 15 is 0 Å². The molecule has 0 spiro atoms. The van der Waals surface area contributed by atoms with Crippen molar-refractivity contribution in [2.24, 2.45) is 17.4 Å². The first-order valence-corrected chi connectivity index (χ1v) is 5.56. The van der Waals surface area contributed by atoms with Gasteiger partial charge in [0.1, 0.15) is 0 Å². The monoisotopic (exact) mass is 219 g/mol. The van der Waals surface area contributed by atoms with E-state index in [0.717, 1.165) is 25.2 Å². The zero-order chi connectivity index (χ0) is 11.5. The Hall–Kier alpha value is -1.55. The second-order valence-electron chi connectivity index (χ2n) is 4.22. The molecule has 1 saturated heterocycles. The average Bonchev–Trinajstić information content (AvgIpc) is 2.77.